The number of aryl methyl sites for hydroxylation is 1. The minimum atomic E-state index is -0.281. The maximum atomic E-state index is 13.6. The van der Waals surface area contributed by atoms with Gasteiger partial charge in [0.1, 0.15) is 11.9 Å². The Morgan fingerprint density at radius 3 is 2.96 bits per heavy atom. The van der Waals surface area contributed by atoms with Crippen molar-refractivity contribution in [1.29, 1.82) is 0 Å². The number of hydrogen-bond donors (Lipinski definition) is 2. The molecule has 2 atom stereocenters. The summed E-state index contributed by atoms with van der Waals surface area (Å²) in [5.41, 5.74) is 2.59. The highest BCUT2D eigenvalue weighted by atomic mass is 32.1. The van der Waals surface area contributed by atoms with Gasteiger partial charge in [0, 0.05) is 28.5 Å². The lowest BCUT2D eigenvalue weighted by Crippen LogP contribution is -3.14. The number of nitrogens with one attached hydrogen (secondary N) is 2. The zero-order chi connectivity index (χ0) is 16.7. The largest absolute Gasteiger partial charge is 0.321 e. The van der Waals surface area contributed by atoms with E-state index in [0.29, 0.717) is 23.8 Å². The first kappa shape index (κ1) is 15.8. The molecule has 1 fully saturated rings. The van der Waals surface area contributed by atoms with Crippen LogP contribution in [0, 0.1) is 18.7 Å². The van der Waals surface area contributed by atoms with Crippen LogP contribution < -0.4 is 10.2 Å². The number of benzene rings is 1. The molecule has 2 N–H and O–H groups in total. The van der Waals surface area contributed by atoms with Gasteiger partial charge < -0.3 is 10.2 Å². The number of halogens is 1. The van der Waals surface area contributed by atoms with Gasteiger partial charge in [-0.05, 0) is 48.9 Å². The zero-order valence-electron chi connectivity index (χ0n) is 13.8. The van der Waals surface area contributed by atoms with Gasteiger partial charge in [-0.1, -0.05) is 6.07 Å². The van der Waals surface area contributed by atoms with Gasteiger partial charge in [-0.3, -0.25) is 4.79 Å². The lowest BCUT2D eigenvalue weighted by Gasteiger charge is -2.32. The van der Waals surface area contributed by atoms with Gasteiger partial charge in [-0.25, -0.2) is 4.39 Å². The molecule has 1 unspecified atom stereocenters. The zero-order valence-corrected chi connectivity index (χ0v) is 14.6. The highest BCUT2D eigenvalue weighted by molar-refractivity contribution is 7.10. The topological polar surface area (TPSA) is 33.5 Å². The standard InChI is InChI=1S/C19H21FN2OS/c1-12-2-5-14(10-16(12)20)21-18(23)11-22-8-6-17-15(7-9-24-17)19(22)13-3-4-13/h2,5,7,9-10,13,19H,3-4,6,8,11H2,1H3,(H,21,23)/p+1/t19-/m1/s1. The number of carbonyl (C=O) groups excluding carboxylic acids is 1. The number of thiophene rings is 1. The second-order valence-corrected chi connectivity index (χ2v) is 7.96. The fourth-order valence-electron chi connectivity index (χ4n) is 3.78. The van der Waals surface area contributed by atoms with E-state index < -0.39 is 0 Å². The fraction of sp³-hybridized carbons (Fsp3) is 0.421. The van der Waals surface area contributed by atoms with Crippen molar-refractivity contribution in [2.45, 2.75) is 32.2 Å². The Morgan fingerprint density at radius 2 is 2.21 bits per heavy atom. The first-order valence-corrected chi connectivity index (χ1v) is 9.46. The Balaban J connectivity index is 1.46. The summed E-state index contributed by atoms with van der Waals surface area (Å²) in [5, 5.41) is 5.04. The van der Waals surface area contributed by atoms with Crippen LogP contribution in [0.1, 0.15) is 34.9 Å². The van der Waals surface area contributed by atoms with E-state index in [1.165, 1.54) is 34.2 Å². The predicted molar refractivity (Wildman–Crippen MR) is 94.0 cm³/mol. The average Bonchev–Trinajstić information content (AvgIpc) is 3.27. The molecule has 5 heteroatoms. The number of rotatable bonds is 4. The summed E-state index contributed by atoms with van der Waals surface area (Å²) in [6.45, 7) is 3.17. The normalized spacial score (nSPS) is 22.9. The van der Waals surface area contributed by atoms with Gasteiger partial charge >= 0.3 is 0 Å². The van der Waals surface area contributed by atoms with Crippen LogP contribution in [0.4, 0.5) is 10.1 Å². The quantitative estimate of drug-likeness (QED) is 0.878. The van der Waals surface area contributed by atoms with Crippen LogP contribution in [0.2, 0.25) is 0 Å². The Bertz CT molecular complexity index is 768. The Kier molecular flexibility index (Phi) is 4.14. The van der Waals surface area contributed by atoms with Crippen LogP contribution in [0.3, 0.4) is 0 Å². The van der Waals surface area contributed by atoms with Crippen LogP contribution in [0.15, 0.2) is 29.6 Å². The highest BCUT2D eigenvalue weighted by Crippen LogP contribution is 2.42. The molecule has 0 saturated heterocycles. The lowest BCUT2D eigenvalue weighted by molar-refractivity contribution is -0.928. The maximum Gasteiger partial charge on any atom is 0.279 e. The second-order valence-electron chi connectivity index (χ2n) is 6.96. The molecule has 1 aliphatic heterocycles. The van der Waals surface area contributed by atoms with E-state index in [-0.39, 0.29) is 11.7 Å². The number of quaternary nitrogens is 1. The minimum absolute atomic E-state index is 0.0300. The summed E-state index contributed by atoms with van der Waals surface area (Å²) in [6.07, 6.45) is 3.60. The van der Waals surface area contributed by atoms with Crippen LogP contribution in [-0.2, 0) is 11.2 Å². The molecule has 1 aromatic carbocycles. The van der Waals surface area contributed by atoms with Gasteiger partial charge in [0.05, 0.1) is 6.54 Å². The molecule has 3 nitrogen and oxygen atoms in total. The Morgan fingerprint density at radius 1 is 1.38 bits per heavy atom. The van der Waals surface area contributed by atoms with E-state index in [9.17, 15) is 9.18 Å². The molecule has 2 aromatic rings. The van der Waals surface area contributed by atoms with Crippen molar-refractivity contribution in [2.75, 3.05) is 18.4 Å². The number of anilines is 1. The smallest absolute Gasteiger partial charge is 0.279 e. The number of carbonyl (C=O) groups is 1. The molecule has 24 heavy (non-hydrogen) atoms. The number of hydrogen-bond acceptors (Lipinski definition) is 2. The summed E-state index contributed by atoms with van der Waals surface area (Å²) in [7, 11) is 0. The van der Waals surface area contributed by atoms with Crippen LogP contribution in [0.5, 0.6) is 0 Å². The summed E-state index contributed by atoms with van der Waals surface area (Å²) in [6, 6.07) is 7.56. The van der Waals surface area contributed by atoms with Gasteiger partial charge in [0.15, 0.2) is 6.54 Å². The Labute approximate surface area is 145 Å². The summed E-state index contributed by atoms with van der Waals surface area (Å²) >= 11 is 1.85. The lowest BCUT2D eigenvalue weighted by atomic mass is 9.96. The van der Waals surface area contributed by atoms with Crippen molar-refractivity contribution in [3.8, 4) is 0 Å². The third-order valence-corrected chi connectivity index (χ3v) is 6.16. The summed E-state index contributed by atoms with van der Waals surface area (Å²) in [5.74, 6) is 0.410. The molecule has 1 saturated carbocycles. The van der Waals surface area contributed by atoms with Crippen molar-refractivity contribution in [1.82, 2.24) is 0 Å². The highest BCUT2D eigenvalue weighted by Gasteiger charge is 2.43. The predicted octanol–water partition coefficient (Wildman–Crippen LogP) is 2.73. The summed E-state index contributed by atoms with van der Waals surface area (Å²) in [4.78, 5) is 15.3. The molecular formula is C19H22FN2OS+. The molecule has 0 spiro atoms. The fourth-order valence-corrected chi connectivity index (χ4v) is 4.71. The van der Waals surface area contributed by atoms with E-state index >= 15 is 0 Å². The van der Waals surface area contributed by atoms with Crippen molar-refractivity contribution in [3.63, 3.8) is 0 Å². The van der Waals surface area contributed by atoms with Gasteiger partial charge in [-0.2, -0.15) is 0 Å². The van der Waals surface area contributed by atoms with E-state index in [1.54, 1.807) is 19.1 Å². The van der Waals surface area contributed by atoms with Crippen molar-refractivity contribution >= 4 is 22.9 Å². The maximum absolute atomic E-state index is 13.6. The third-order valence-electron chi connectivity index (χ3n) is 5.16. The number of fused-ring (bicyclic) bond motifs is 1. The molecule has 0 radical (unpaired) electrons. The monoisotopic (exact) mass is 345 g/mol. The molecule has 126 valence electrons. The first-order valence-electron chi connectivity index (χ1n) is 8.58. The van der Waals surface area contributed by atoms with Crippen molar-refractivity contribution < 1.29 is 14.1 Å². The van der Waals surface area contributed by atoms with Crippen molar-refractivity contribution in [3.05, 3.63) is 51.5 Å². The molecule has 4 rings (SSSR count). The molecule has 1 aliphatic carbocycles. The minimum Gasteiger partial charge on any atom is -0.321 e. The van der Waals surface area contributed by atoms with E-state index in [0.717, 1.165) is 18.9 Å². The molecule has 2 aliphatic rings. The molecule has 1 amide bonds. The molecule has 2 heterocycles. The molecular weight excluding hydrogens is 323 g/mol. The van der Waals surface area contributed by atoms with E-state index in [2.05, 4.69) is 16.8 Å². The van der Waals surface area contributed by atoms with E-state index in [4.69, 9.17) is 0 Å². The van der Waals surface area contributed by atoms with E-state index in [1.807, 2.05) is 11.3 Å². The average molecular weight is 345 g/mol. The molecule has 1 aromatic heterocycles. The Hall–Kier alpha value is -1.72. The van der Waals surface area contributed by atoms with Gasteiger partial charge in [-0.15, -0.1) is 11.3 Å². The third kappa shape index (κ3) is 3.10. The first-order chi connectivity index (χ1) is 11.6. The summed E-state index contributed by atoms with van der Waals surface area (Å²) < 4.78 is 13.6. The number of amides is 1. The second kappa shape index (κ2) is 6.30. The van der Waals surface area contributed by atoms with Crippen LogP contribution in [0.25, 0.3) is 0 Å². The van der Waals surface area contributed by atoms with Crippen LogP contribution >= 0.6 is 11.3 Å². The SMILES string of the molecule is Cc1ccc(NC(=O)C[NH+]2CCc3sccc3[C@H]2C2CC2)cc1F. The van der Waals surface area contributed by atoms with Gasteiger partial charge in [0.25, 0.3) is 5.91 Å². The molecule has 0 bridgehead atoms. The van der Waals surface area contributed by atoms with Crippen LogP contribution in [-0.4, -0.2) is 19.0 Å². The van der Waals surface area contributed by atoms with Gasteiger partial charge in [0.2, 0.25) is 0 Å². The van der Waals surface area contributed by atoms with Crippen molar-refractivity contribution in [2.24, 2.45) is 5.92 Å².